The van der Waals surface area contributed by atoms with Gasteiger partial charge in [-0.3, -0.25) is 0 Å². The molecule has 0 aromatic carbocycles. The third-order valence-corrected chi connectivity index (χ3v) is 2.89. The highest BCUT2D eigenvalue weighted by molar-refractivity contribution is 5.68. The van der Waals surface area contributed by atoms with Crippen LogP contribution in [0.25, 0.3) is 0 Å². The van der Waals surface area contributed by atoms with E-state index in [1.807, 2.05) is 27.7 Å². The number of alkyl carbamates (subject to hydrolysis) is 1. The van der Waals surface area contributed by atoms with Crippen LogP contribution < -0.4 is 5.32 Å². The molecule has 1 saturated carbocycles. The molecular weight excluding hydrogens is 206 g/mol. The lowest BCUT2D eigenvalue weighted by molar-refractivity contribution is 0.0197. The fraction of sp³-hybridized carbons (Fsp3) is 0.917. The maximum Gasteiger partial charge on any atom is 0.407 e. The van der Waals surface area contributed by atoms with E-state index in [4.69, 9.17) is 4.74 Å². The monoisotopic (exact) mass is 229 g/mol. The molecule has 4 heteroatoms. The fourth-order valence-corrected chi connectivity index (χ4v) is 1.77. The summed E-state index contributed by atoms with van der Waals surface area (Å²) in [5, 5.41) is 12.6. The molecule has 0 spiro atoms. The van der Waals surface area contributed by atoms with Crippen molar-refractivity contribution in [2.24, 2.45) is 5.92 Å². The third kappa shape index (κ3) is 4.00. The number of hydrogen-bond donors (Lipinski definition) is 2. The summed E-state index contributed by atoms with van der Waals surface area (Å²) in [7, 11) is 0. The Hall–Kier alpha value is -0.770. The molecule has 1 aliphatic carbocycles. The van der Waals surface area contributed by atoms with E-state index in [-0.39, 0.29) is 6.04 Å². The van der Waals surface area contributed by atoms with Crippen LogP contribution >= 0.6 is 0 Å². The first-order valence-electron chi connectivity index (χ1n) is 5.97. The number of aliphatic hydroxyl groups excluding tert-OH is 1. The smallest absolute Gasteiger partial charge is 0.407 e. The lowest BCUT2D eigenvalue weighted by atomic mass is 9.79. The number of carbonyl (C=O) groups excluding carboxylic acids is 1. The second kappa shape index (κ2) is 5.04. The number of nitrogens with one attached hydrogen (secondary N) is 1. The molecular formula is C12H23NO3. The fourth-order valence-electron chi connectivity index (χ4n) is 1.77. The number of ether oxygens (including phenoxy) is 1. The average molecular weight is 229 g/mol. The molecule has 1 amide bonds. The molecule has 0 saturated heterocycles. The van der Waals surface area contributed by atoms with Gasteiger partial charge >= 0.3 is 6.09 Å². The van der Waals surface area contributed by atoms with Gasteiger partial charge in [0.15, 0.2) is 0 Å². The van der Waals surface area contributed by atoms with Crippen LogP contribution in [0.3, 0.4) is 0 Å². The van der Waals surface area contributed by atoms with E-state index in [0.717, 1.165) is 12.8 Å². The van der Waals surface area contributed by atoms with Crippen LogP contribution in [0.5, 0.6) is 0 Å². The van der Waals surface area contributed by atoms with Crippen LogP contribution in [-0.4, -0.2) is 28.9 Å². The minimum absolute atomic E-state index is 0.250. The van der Waals surface area contributed by atoms with E-state index in [9.17, 15) is 9.90 Å². The lowest BCUT2D eigenvalue weighted by Crippen LogP contribution is -2.47. The molecule has 0 aromatic heterocycles. The summed E-state index contributed by atoms with van der Waals surface area (Å²) in [4.78, 5) is 11.5. The molecule has 1 fully saturated rings. The number of hydrogen-bond acceptors (Lipinski definition) is 3. The summed E-state index contributed by atoms with van der Waals surface area (Å²) in [6, 6.07) is -0.250. The van der Waals surface area contributed by atoms with E-state index >= 15 is 0 Å². The highest BCUT2D eigenvalue weighted by Gasteiger charge is 2.31. The summed E-state index contributed by atoms with van der Waals surface area (Å²) >= 11 is 0. The summed E-state index contributed by atoms with van der Waals surface area (Å²) in [5.41, 5.74) is -0.495. The first-order valence-corrected chi connectivity index (χ1v) is 5.97. The summed E-state index contributed by atoms with van der Waals surface area (Å²) in [6.45, 7) is 7.27. The molecule has 16 heavy (non-hydrogen) atoms. The first kappa shape index (κ1) is 13.3. The molecule has 0 aromatic rings. The Morgan fingerprint density at radius 2 is 2.00 bits per heavy atom. The molecule has 2 N–H and O–H groups in total. The van der Waals surface area contributed by atoms with Crippen molar-refractivity contribution in [1.29, 1.82) is 0 Å². The van der Waals surface area contributed by atoms with Crippen LogP contribution in [-0.2, 0) is 4.74 Å². The van der Waals surface area contributed by atoms with Crippen LogP contribution in [0.15, 0.2) is 0 Å². The molecule has 1 rings (SSSR count). The standard InChI is InChI=1S/C12H23NO3/c1-8(10(14)9-6-5-7-9)13-11(15)16-12(2,3)4/h8-10,14H,5-7H2,1-4H3,(H,13,15). The molecule has 2 atom stereocenters. The van der Waals surface area contributed by atoms with Gasteiger partial charge in [-0.1, -0.05) is 6.42 Å². The zero-order valence-electron chi connectivity index (χ0n) is 10.6. The largest absolute Gasteiger partial charge is 0.444 e. The molecule has 0 radical (unpaired) electrons. The Kier molecular flexibility index (Phi) is 4.19. The molecule has 4 nitrogen and oxygen atoms in total. The van der Waals surface area contributed by atoms with Gasteiger partial charge in [0, 0.05) is 0 Å². The summed E-state index contributed by atoms with van der Waals surface area (Å²) < 4.78 is 5.13. The van der Waals surface area contributed by atoms with Crippen molar-refractivity contribution in [3.05, 3.63) is 0 Å². The Balaban J connectivity index is 2.32. The van der Waals surface area contributed by atoms with Crippen LogP contribution in [0.4, 0.5) is 4.79 Å². The number of rotatable bonds is 3. The van der Waals surface area contributed by atoms with E-state index in [1.165, 1.54) is 6.42 Å². The van der Waals surface area contributed by atoms with Crippen molar-refractivity contribution in [3.63, 3.8) is 0 Å². The van der Waals surface area contributed by atoms with Gasteiger partial charge in [-0.05, 0) is 46.5 Å². The van der Waals surface area contributed by atoms with Crippen molar-refractivity contribution in [3.8, 4) is 0 Å². The first-order chi connectivity index (χ1) is 7.29. The van der Waals surface area contributed by atoms with Gasteiger partial charge in [0.25, 0.3) is 0 Å². The van der Waals surface area contributed by atoms with Gasteiger partial charge in [-0.25, -0.2) is 4.79 Å². The number of carbonyl (C=O) groups is 1. The average Bonchev–Trinajstić information content (AvgIpc) is 1.96. The Labute approximate surface area is 97.4 Å². The molecule has 0 aliphatic heterocycles. The second-order valence-corrected chi connectivity index (χ2v) is 5.62. The zero-order chi connectivity index (χ0) is 12.3. The topological polar surface area (TPSA) is 58.6 Å². The third-order valence-electron chi connectivity index (χ3n) is 2.89. The predicted octanol–water partition coefficient (Wildman–Crippen LogP) is 2.06. The van der Waals surface area contributed by atoms with E-state index in [0.29, 0.717) is 5.92 Å². The van der Waals surface area contributed by atoms with Crippen LogP contribution in [0, 0.1) is 5.92 Å². The quantitative estimate of drug-likeness (QED) is 0.778. The van der Waals surface area contributed by atoms with Gasteiger partial charge in [0.1, 0.15) is 5.60 Å². The van der Waals surface area contributed by atoms with Gasteiger partial charge in [-0.15, -0.1) is 0 Å². The molecule has 2 unspecified atom stereocenters. The van der Waals surface area contributed by atoms with Gasteiger partial charge in [-0.2, -0.15) is 0 Å². The molecule has 0 bridgehead atoms. The van der Waals surface area contributed by atoms with E-state index < -0.39 is 17.8 Å². The lowest BCUT2D eigenvalue weighted by Gasteiger charge is -2.34. The van der Waals surface area contributed by atoms with Gasteiger partial charge < -0.3 is 15.2 Å². The highest BCUT2D eigenvalue weighted by Crippen LogP contribution is 2.30. The van der Waals surface area contributed by atoms with Crippen molar-refractivity contribution < 1.29 is 14.6 Å². The highest BCUT2D eigenvalue weighted by atomic mass is 16.6. The van der Waals surface area contributed by atoms with E-state index in [1.54, 1.807) is 0 Å². The SMILES string of the molecule is CC(NC(=O)OC(C)(C)C)C(O)C1CCC1. The zero-order valence-corrected chi connectivity index (χ0v) is 10.6. The van der Waals surface area contributed by atoms with Crippen molar-refractivity contribution >= 4 is 6.09 Å². The maximum atomic E-state index is 11.5. The van der Waals surface area contributed by atoms with Gasteiger partial charge in [0.2, 0.25) is 0 Å². The predicted molar refractivity (Wildman–Crippen MR) is 62.2 cm³/mol. The Bertz CT molecular complexity index is 243. The summed E-state index contributed by atoms with van der Waals surface area (Å²) in [6.07, 6.45) is 2.38. The summed E-state index contributed by atoms with van der Waals surface area (Å²) in [5.74, 6) is 0.338. The molecule has 1 aliphatic rings. The minimum atomic E-state index is -0.495. The molecule has 0 heterocycles. The normalized spacial score (nSPS) is 20.8. The van der Waals surface area contributed by atoms with Crippen LogP contribution in [0.2, 0.25) is 0 Å². The number of amides is 1. The minimum Gasteiger partial charge on any atom is -0.444 e. The van der Waals surface area contributed by atoms with Crippen LogP contribution in [0.1, 0.15) is 47.0 Å². The Morgan fingerprint density at radius 3 is 2.38 bits per heavy atom. The number of aliphatic hydroxyl groups is 1. The second-order valence-electron chi connectivity index (χ2n) is 5.62. The van der Waals surface area contributed by atoms with Crippen molar-refractivity contribution in [2.75, 3.05) is 0 Å². The van der Waals surface area contributed by atoms with Gasteiger partial charge in [0.05, 0.1) is 12.1 Å². The van der Waals surface area contributed by atoms with E-state index in [2.05, 4.69) is 5.32 Å². The Morgan fingerprint density at radius 1 is 1.44 bits per heavy atom. The van der Waals surface area contributed by atoms with Crippen molar-refractivity contribution in [1.82, 2.24) is 5.32 Å². The maximum absolute atomic E-state index is 11.5. The van der Waals surface area contributed by atoms with Crippen molar-refractivity contribution in [2.45, 2.75) is 64.7 Å². The molecule has 94 valence electrons.